The minimum absolute atomic E-state index is 0.262. The van der Waals surface area contributed by atoms with Crippen LogP contribution in [0.2, 0.25) is 0 Å². The first-order valence-corrected chi connectivity index (χ1v) is 5.77. The lowest BCUT2D eigenvalue weighted by Gasteiger charge is -2.33. The lowest BCUT2D eigenvalue weighted by atomic mass is 9.72. The average Bonchev–Trinajstić information content (AvgIpc) is 2.91. The molecule has 0 saturated heterocycles. The second kappa shape index (κ2) is 3.22. The molecule has 0 unspecified atom stereocenters. The number of carbonyl (C=O) groups is 1. The third-order valence-corrected chi connectivity index (χ3v) is 3.94. The van der Waals surface area contributed by atoms with Crippen LogP contribution in [0, 0.1) is 11.3 Å². The quantitative estimate of drug-likeness (QED) is 0.654. The summed E-state index contributed by atoms with van der Waals surface area (Å²) in [7, 11) is 0. The molecule has 0 aliphatic heterocycles. The van der Waals surface area contributed by atoms with E-state index in [1.54, 1.807) is 0 Å². The third-order valence-electron chi connectivity index (χ3n) is 3.94. The van der Waals surface area contributed by atoms with E-state index < -0.39 is 0 Å². The zero-order valence-corrected chi connectivity index (χ0v) is 9.52. The number of ketones is 1. The van der Waals surface area contributed by atoms with E-state index in [0.717, 1.165) is 19.3 Å². The SMILES string of the molecule is CC1=C(C(=O)C2CC2)CCCC1(C)C. The van der Waals surface area contributed by atoms with Crippen molar-refractivity contribution >= 4 is 5.78 Å². The van der Waals surface area contributed by atoms with Gasteiger partial charge in [0.1, 0.15) is 0 Å². The second-order valence-electron chi connectivity index (χ2n) is 5.48. The van der Waals surface area contributed by atoms with Gasteiger partial charge in [-0.2, -0.15) is 0 Å². The maximum Gasteiger partial charge on any atom is 0.161 e. The highest BCUT2D eigenvalue weighted by Gasteiger charge is 2.36. The lowest BCUT2D eigenvalue weighted by Crippen LogP contribution is -2.23. The summed E-state index contributed by atoms with van der Waals surface area (Å²) in [5.41, 5.74) is 2.79. The van der Waals surface area contributed by atoms with Gasteiger partial charge in [-0.1, -0.05) is 19.4 Å². The van der Waals surface area contributed by atoms with Crippen molar-refractivity contribution in [1.29, 1.82) is 0 Å². The van der Waals surface area contributed by atoms with E-state index in [2.05, 4.69) is 20.8 Å². The van der Waals surface area contributed by atoms with Crippen molar-refractivity contribution in [2.75, 3.05) is 0 Å². The van der Waals surface area contributed by atoms with Gasteiger partial charge in [-0.25, -0.2) is 0 Å². The molecule has 0 amide bonds. The molecule has 0 aromatic heterocycles. The van der Waals surface area contributed by atoms with Crippen LogP contribution in [0.4, 0.5) is 0 Å². The summed E-state index contributed by atoms with van der Waals surface area (Å²) in [6, 6.07) is 0. The van der Waals surface area contributed by atoms with Gasteiger partial charge in [0.25, 0.3) is 0 Å². The molecule has 0 N–H and O–H groups in total. The first-order valence-electron chi connectivity index (χ1n) is 5.77. The van der Waals surface area contributed by atoms with E-state index in [0.29, 0.717) is 11.7 Å². The van der Waals surface area contributed by atoms with Crippen molar-refractivity contribution in [2.45, 2.75) is 52.9 Å². The molecule has 1 heteroatoms. The fourth-order valence-electron chi connectivity index (χ4n) is 2.39. The van der Waals surface area contributed by atoms with Gasteiger partial charge in [0.15, 0.2) is 5.78 Å². The summed E-state index contributed by atoms with van der Waals surface area (Å²) < 4.78 is 0. The summed E-state index contributed by atoms with van der Waals surface area (Å²) in [4.78, 5) is 12.0. The van der Waals surface area contributed by atoms with Crippen LogP contribution in [0.1, 0.15) is 52.9 Å². The van der Waals surface area contributed by atoms with Crippen molar-refractivity contribution < 1.29 is 4.79 Å². The standard InChI is InChI=1S/C13H20O/c1-9-11(12(14)10-6-7-10)5-4-8-13(9,2)3/h10H,4-8H2,1-3H3. The number of hydrogen-bond acceptors (Lipinski definition) is 1. The van der Waals surface area contributed by atoms with E-state index >= 15 is 0 Å². The highest BCUT2D eigenvalue weighted by molar-refractivity contribution is 5.99. The molecule has 0 bridgehead atoms. The van der Waals surface area contributed by atoms with Crippen LogP contribution >= 0.6 is 0 Å². The fraction of sp³-hybridized carbons (Fsp3) is 0.769. The highest BCUT2D eigenvalue weighted by Crippen LogP contribution is 2.43. The Morgan fingerprint density at radius 3 is 2.57 bits per heavy atom. The largest absolute Gasteiger partial charge is 0.294 e. The van der Waals surface area contributed by atoms with E-state index in [9.17, 15) is 4.79 Å². The highest BCUT2D eigenvalue weighted by atomic mass is 16.1. The van der Waals surface area contributed by atoms with E-state index in [-0.39, 0.29) is 5.41 Å². The molecule has 0 aromatic rings. The van der Waals surface area contributed by atoms with E-state index in [4.69, 9.17) is 0 Å². The molecule has 0 heterocycles. The number of allylic oxidation sites excluding steroid dienone is 2. The van der Waals surface area contributed by atoms with Crippen LogP contribution in [0.15, 0.2) is 11.1 Å². The Kier molecular flexibility index (Phi) is 2.29. The zero-order valence-electron chi connectivity index (χ0n) is 9.52. The molecule has 14 heavy (non-hydrogen) atoms. The van der Waals surface area contributed by atoms with E-state index in [1.165, 1.54) is 24.0 Å². The Hall–Kier alpha value is -0.590. The van der Waals surface area contributed by atoms with Crippen LogP contribution in [0.5, 0.6) is 0 Å². The molecule has 1 nitrogen and oxygen atoms in total. The van der Waals surface area contributed by atoms with Crippen molar-refractivity contribution in [3.63, 3.8) is 0 Å². The molecule has 2 aliphatic carbocycles. The smallest absolute Gasteiger partial charge is 0.161 e. The fourth-order valence-corrected chi connectivity index (χ4v) is 2.39. The molecule has 0 atom stereocenters. The topological polar surface area (TPSA) is 17.1 Å². The molecule has 2 aliphatic rings. The van der Waals surface area contributed by atoms with Crippen molar-refractivity contribution in [3.8, 4) is 0 Å². The Morgan fingerprint density at radius 1 is 1.36 bits per heavy atom. The molecule has 0 radical (unpaired) electrons. The van der Waals surface area contributed by atoms with Gasteiger partial charge in [0, 0.05) is 5.92 Å². The predicted octanol–water partition coefficient (Wildman–Crippen LogP) is 3.49. The molecule has 1 saturated carbocycles. The van der Waals surface area contributed by atoms with Crippen molar-refractivity contribution in [3.05, 3.63) is 11.1 Å². The first-order chi connectivity index (χ1) is 6.52. The van der Waals surface area contributed by atoms with Gasteiger partial charge >= 0.3 is 0 Å². The molecule has 78 valence electrons. The van der Waals surface area contributed by atoms with Crippen LogP contribution in [-0.4, -0.2) is 5.78 Å². The third kappa shape index (κ3) is 1.65. The minimum atomic E-state index is 0.262. The van der Waals surface area contributed by atoms with Gasteiger partial charge < -0.3 is 0 Å². The van der Waals surface area contributed by atoms with E-state index in [1.807, 2.05) is 0 Å². The number of carbonyl (C=O) groups excluding carboxylic acids is 1. The maximum absolute atomic E-state index is 12.0. The van der Waals surface area contributed by atoms with Gasteiger partial charge in [-0.05, 0) is 50.0 Å². The van der Waals surface area contributed by atoms with Gasteiger partial charge in [0.2, 0.25) is 0 Å². The van der Waals surface area contributed by atoms with Crippen LogP contribution in [0.3, 0.4) is 0 Å². The second-order valence-corrected chi connectivity index (χ2v) is 5.48. The zero-order chi connectivity index (χ0) is 10.3. The van der Waals surface area contributed by atoms with Crippen molar-refractivity contribution in [2.24, 2.45) is 11.3 Å². The molecule has 1 fully saturated rings. The monoisotopic (exact) mass is 192 g/mol. The Balaban J connectivity index is 2.27. The average molecular weight is 192 g/mol. The Labute approximate surface area is 86.6 Å². The van der Waals surface area contributed by atoms with Gasteiger partial charge in [0.05, 0.1) is 0 Å². The molecular formula is C13H20O. The van der Waals surface area contributed by atoms with Crippen molar-refractivity contribution in [1.82, 2.24) is 0 Å². The number of hydrogen-bond donors (Lipinski definition) is 0. The maximum atomic E-state index is 12.0. The Bertz CT molecular complexity index is 292. The number of Topliss-reactive ketones (excluding diaryl/α,β-unsaturated/α-hetero) is 1. The van der Waals surface area contributed by atoms with Gasteiger partial charge in [-0.15, -0.1) is 0 Å². The van der Waals surface area contributed by atoms with Crippen LogP contribution in [-0.2, 0) is 4.79 Å². The van der Waals surface area contributed by atoms with Crippen LogP contribution in [0.25, 0.3) is 0 Å². The summed E-state index contributed by atoms with van der Waals surface area (Å²) in [6.07, 6.45) is 5.73. The molecule has 0 aromatic carbocycles. The summed E-state index contributed by atoms with van der Waals surface area (Å²) >= 11 is 0. The summed E-state index contributed by atoms with van der Waals surface area (Å²) in [6.45, 7) is 6.69. The minimum Gasteiger partial charge on any atom is -0.294 e. The summed E-state index contributed by atoms with van der Waals surface area (Å²) in [5, 5.41) is 0. The lowest BCUT2D eigenvalue weighted by molar-refractivity contribution is -0.117. The van der Waals surface area contributed by atoms with Gasteiger partial charge in [-0.3, -0.25) is 4.79 Å². The first kappa shape index (κ1) is 9.95. The predicted molar refractivity (Wildman–Crippen MR) is 58.1 cm³/mol. The normalized spacial score (nSPS) is 26.5. The summed E-state index contributed by atoms with van der Waals surface area (Å²) in [5.74, 6) is 0.865. The Morgan fingerprint density at radius 2 is 2.00 bits per heavy atom. The molecular weight excluding hydrogens is 172 g/mol. The van der Waals surface area contributed by atoms with Crippen LogP contribution < -0.4 is 0 Å². The molecule has 0 spiro atoms. The molecule has 2 rings (SSSR count). The number of rotatable bonds is 2.